The monoisotopic (exact) mass is 351 g/mol. The van der Waals surface area contributed by atoms with Gasteiger partial charge in [-0.15, -0.1) is 0 Å². The summed E-state index contributed by atoms with van der Waals surface area (Å²) in [6, 6.07) is 6.00. The fraction of sp³-hybridized carbons (Fsp3) is 0.375. The maximum Gasteiger partial charge on any atom is 0.335 e. The van der Waals surface area contributed by atoms with E-state index in [2.05, 4.69) is 9.82 Å². The summed E-state index contributed by atoms with van der Waals surface area (Å²) in [7, 11) is -3.78. The number of hydrogen-bond donors (Lipinski definition) is 2. The zero-order chi connectivity index (χ0) is 17.7. The number of carbonyl (C=O) groups is 1. The number of nitrogens with one attached hydrogen (secondary N) is 1. The van der Waals surface area contributed by atoms with Crippen LogP contribution in [0.15, 0.2) is 41.6 Å². The van der Waals surface area contributed by atoms with Crippen molar-refractivity contribution < 1.29 is 18.3 Å². The average molecular weight is 351 g/mol. The van der Waals surface area contributed by atoms with E-state index in [1.807, 2.05) is 20.0 Å². The average Bonchev–Trinajstić information content (AvgIpc) is 3.04. The number of carboxylic acid groups (broad SMARTS) is 1. The molecule has 0 fully saturated rings. The van der Waals surface area contributed by atoms with Gasteiger partial charge in [0.05, 0.1) is 10.5 Å². The molecule has 0 aliphatic heterocycles. The van der Waals surface area contributed by atoms with E-state index in [4.69, 9.17) is 5.11 Å². The first-order valence-electron chi connectivity index (χ1n) is 7.65. The molecule has 0 atom stereocenters. The number of sulfonamides is 1. The van der Waals surface area contributed by atoms with Gasteiger partial charge in [0, 0.05) is 25.5 Å². The van der Waals surface area contributed by atoms with E-state index in [1.165, 1.54) is 12.1 Å². The number of hydrogen-bond acceptors (Lipinski definition) is 4. The van der Waals surface area contributed by atoms with Gasteiger partial charge in [0.15, 0.2) is 0 Å². The van der Waals surface area contributed by atoms with Crippen molar-refractivity contribution in [1.82, 2.24) is 14.5 Å². The van der Waals surface area contributed by atoms with Crippen LogP contribution in [0.5, 0.6) is 0 Å². The van der Waals surface area contributed by atoms with Gasteiger partial charge in [0.1, 0.15) is 0 Å². The largest absolute Gasteiger partial charge is 0.478 e. The zero-order valence-corrected chi connectivity index (χ0v) is 14.5. The van der Waals surface area contributed by atoms with E-state index in [1.54, 1.807) is 23.0 Å². The number of rotatable bonds is 8. The predicted molar refractivity (Wildman–Crippen MR) is 89.5 cm³/mol. The molecular weight excluding hydrogens is 330 g/mol. The van der Waals surface area contributed by atoms with Crippen LogP contribution in [0.3, 0.4) is 0 Å². The highest BCUT2D eigenvalue weighted by Gasteiger charge is 2.21. The molecule has 0 saturated carbocycles. The van der Waals surface area contributed by atoms with Gasteiger partial charge in [0.25, 0.3) is 0 Å². The van der Waals surface area contributed by atoms with Crippen LogP contribution in [0.25, 0.3) is 0 Å². The number of nitrogens with zero attached hydrogens (tertiary/aromatic N) is 2. The molecule has 1 aromatic heterocycles. The first-order valence-corrected chi connectivity index (χ1v) is 9.14. The smallest absolute Gasteiger partial charge is 0.335 e. The maximum atomic E-state index is 12.6. The number of carboxylic acids is 1. The third-order valence-electron chi connectivity index (χ3n) is 3.59. The molecule has 0 saturated heterocycles. The molecule has 2 aromatic rings. The summed E-state index contributed by atoms with van der Waals surface area (Å²) < 4.78 is 29.4. The lowest BCUT2D eigenvalue weighted by Crippen LogP contribution is -2.27. The van der Waals surface area contributed by atoms with E-state index in [0.29, 0.717) is 18.5 Å². The van der Waals surface area contributed by atoms with Crippen molar-refractivity contribution in [2.45, 2.75) is 37.6 Å². The van der Waals surface area contributed by atoms with Crippen LogP contribution in [0.2, 0.25) is 0 Å². The summed E-state index contributed by atoms with van der Waals surface area (Å²) in [5.41, 5.74) is 0.552. The van der Waals surface area contributed by atoms with Crippen molar-refractivity contribution in [2.75, 3.05) is 6.54 Å². The van der Waals surface area contributed by atoms with Crippen LogP contribution in [0.1, 0.15) is 42.1 Å². The molecule has 130 valence electrons. The molecule has 8 heteroatoms. The Morgan fingerprint density at radius 2 is 2.12 bits per heavy atom. The van der Waals surface area contributed by atoms with Crippen molar-refractivity contribution in [3.63, 3.8) is 0 Å². The molecular formula is C16H21N3O4S. The fourth-order valence-electron chi connectivity index (χ4n) is 2.34. The lowest BCUT2D eigenvalue weighted by molar-refractivity contribution is 0.0696. The molecule has 0 aliphatic rings. The summed E-state index contributed by atoms with van der Waals surface area (Å²) in [6.07, 6.45) is 4.05. The van der Waals surface area contributed by atoms with E-state index in [9.17, 15) is 13.2 Å². The van der Waals surface area contributed by atoms with Gasteiger partial charge in [0.2, 0.25) is 10.0 Å². The van der Waals surface area contributed by atoms with Crippen LogP contribution in [0, 0.1) is 0 Å². The van der Waals surface area contributed by atoms with E-state index in [-0.39, 0.29) is 22.9 Å². The van der Waals surface area contributed by atoms with Gasteiger partial charge in [-0.1, -0.05) is 19.9 Å². The van der Waals surface area contributed by atoms with Crippen LogP contribution >= 0.6 is 0 Å². The standard InChI is InChI=1S/C16H21N3O4S/c1-12(2)14-6-5-13(16(20)21)11-15(14)24(22,23)18-8-4-10-19-9-3-7-17-19/h3,5-7,9,11-12,18H,4,8,10H2,1-2H3,(H,20,21). The molecule has 0 amide bonds. The Kier molecular flexibility index (Phi) is 5.74. The number of aromatic nitrogens is 2. The number of benzene rings is 1. The van der Waals surface area contributed by atoms with Crippen molar-refractivity contribution in [1.29, 1.82) is 0 Å². The Hall–Kier alpha value is -2.19. The van der Waals surface area contributed by atoms with Crippen LogP contribution in [-0.4, -0.2) is 35.8 Å². The molecule has 1 heterocycles. The highest BCUT2D eigenvalue weighted by Crippen LogP contribution is 2.25. The minimum atomic E-state index is -3.78. The molecule has 2 rings (SSSR count). The van der Waals surface area contributed by atoms with Gasteiger partial charge >= 0.3 is 5.97 Å². The Labute approximate surface area is 141 Å². The van der Waals surface area contributed by atoms with Gasteiger partial charge in [-0.3, -0.25) is 4.68 Å². The molecule has 2 N–H and O–H groups in total. The van der Waals surface area contributed by atoms with Crippen LogP contribution in [-0.2, 0) is 16.6 Å². The van der Waals surface area contributed by atoms with E-state index >= 15 is 0 Å². The minimum absolute atomic E-state index is 0.0245. The van der Waals surface area contributed by atoms with Crippen LogP contribution in [0.4, 0.5) is 0 Å². The Bertz CT molecular complexity index is 799. The van der Waals surface area contributed by atoms with Gasteiger partial charge in [-0.05, 0) is 36.1 Å². The number of aromatic carboxylic acids is 1. The van der Waals surface area contributed by atoms with Crippen LogP contribution < -0.4 is 4.72 Å². The lowest BCUT2D eigenvalue weighted by atomic mass is 10.0. The summed E-state index contributed by atoms with van der Waals surface area (Å²) in [6.45, 7) is 4.58. The number of aryl methyl sites for hydroxylation is 1. The SMILES string of the molecule is CC(C)c1ccc(C(=O)O)cc1S(=O)(=O)NCCCn1cccn1. The Morgan fingerprint density at radius 1 is 1.38 bits per heavy atom. The highest BCUT2D eigenvalue weighted by molar-refractivity contribution is 7.89. The van der Waals surface area contributed by atoms with Gasteiger partial charge in [-0.25, -0.2) is 17.9 Å². The Morgan fingerprint density at radius 3 is 2.71 bits per heavy atom. The van der Waals surface area contributed by atoms with Gasteiger partial charge < -0.3 is 5.11 Å². The molecule has 0 aliphatic carbocycles. The molecule has 1 aromatic carbocycles. The summed E-state index contributed by atoms with van der Waals surface area (Å²) in [4.78, 5) is 11.2. The van der Waals surface area contributed by atoms with E-state index < -0.39 is 16.0 Å². The lowest BCUT2D eigenvalue weighted by Gasteiger charge is -2.15. The Balaban J connectivity index is 2.14. The molecule has 0 radical (unpaired) electrons. The zero-order valence-electron chi connectivity index (χ0n) is 13.6. The molecule has 0 spiro atoms. The second-order valence-corrected chi connectivity index (χ2v) is 7.47. The second kappa shape index (κ2) is 7.59. The topological polar surface area (TPSA) is 101 Å². The molecule has 0 bridgehead atoms. The second-order valence-electron chi connectivity index (χ2n) is 5.73. The summed E-state index contributed by atoms with van der Waals surface area (Å²) in [5.74, 6) is -1.19. The van der Waals surface area contributed by atoms with E-state index in [0.717, 1.165) is 0 Å². The van der Waals surface area contributed by atoms with Crippen molar-refractivity contribution >= 4 is 16.0 Å². The highest BCUT2D eigenvalue weighted by atomic mass is 32.2. The third-order valence-corrected chi connectivity index (χ3v) is 5.10. The summed E-state index contributed by atoms with van der Waals surface area (Å²) >= 11 is 0. The van der Waals surface area contributed by atoms with Crippen molar-refractivity contribution in [3.8, 4) is 0 Å². The quantitative estimate of drug-likeness (QED) is 0.709. The predicted octanol–water partition coefficient (Wildman–Crippen LogP) is 2.07. The van der Waals surface area contributed by atoms with Crippen molar-refractivity contribution in [2.24, 2.45) is 0 Å². The normalized spacial score (nSPS) is 11.8. The van der Waals surface area contributed by atoms with Crippen molar-refractivity contribution in [3.05, 3.63) is 47.8 Å². The minimum Gasteiger partial charge on any atom is -0.478 e. The summed E-state index contributed by atoms with van der Waals surface area (Å²) in [5, 5.41) is 13.2. The first kappa shape index (κ1) is 18.2. The molecule has 7 nitrogen and oxygen atoms in total. The molecule has 24 heavy (non-hydrogen) atoms. The maximum absolute atomic E-state index is 12.6. The first-order chi connectivity index (χ1) is 11.3. The fourth-order valence-corrected chi connectivity index (χ4v) is 3.80. The molecule has 0 unspecified atom stereocenters. The third kappa shape index (κ3) is 4.42. The van der Waals surface area contributed by atoms with Gasteiger partial charge in [-0.2, -0.15) is 5.10 Å².